The van der Waals surface area contributed by atoms with Crippen LogP contribution in [0.2, 0.25) is 0 Å². The monoisotopic (exact) mass is 302 g/mol. The summed E-state index contributed by atoms with van der Waals surface area (Å²) in [5.41, 5.74) is 3.47. The molecule has 0 fully saturated rings. The Balaban J connectivity index is 2.12. The predicted octanol–water partition coefficient (Wildman–Crippen LogP) is 3.49. The van der Waals surface area contributed by atoms with Crippen LogP contribution in [0.15, 0.2) is 29.1 Å². The maximum atomic E-state index is 12.4. The third-order valence-electron chi connectivity index (χ3n) is 3.72. The number of benzene rings is 1. The summed E-state index contributed by atoms with van der Waals surface area (Å²) in [6.07, 6.45) is 2.00. The largest absolute Gasteiger partial charge is 0.309 e. The van der Waals surface area contributed by atoms with Gasteiger partial charge in [-0.25, -0.2) is 4.98 Å². The fourth-order valence-corrected chi connectivity index (χ4v) is 4.18. The molecular formula is C15H11ClN2OS. The zero-order valence-corrected chi connectivity index (χ0v) is 12.1. The first-order chi connectivity index (χ1) is 9.78. The van der Waals surface area contributed by atoms with Gasteiger partial charge in [-0.2, -0.15) is 0 Å². The quantitative estimate of drug-likeness (QED) is 0.699. The van der Waals surface area contributed by atoms with E-state index in [0.717, 1.165) is 23.2 Å². The third-order valence-corrected chi connectivity index (χ3v) is 5.12. The highest BCUT2D eigenvalue weighted by atomic mass is 35.5. The highest BCUT2D eigenvalue weighted by Gasteiger charge is 2.23. The average Bonchev–Trinajstić information content (AvgIpc) is 2.86. The zero-order valence-electron chi connectivity index (χ0n) is 10.6. The van der Waals surface area contributed by atoms with Crippen LogP contribution >= 0.6 is 22.9 Å². The lowest BCUT2D eigenvalue weighted by Gasteiger charge is -2.15. The molecule has 5 heteroatoms. The van der Waals surface area contributed by atoms with Crippen molar-refractivity contribution < 1.29 is 0 Å². The second-order valence-corrected chi connectivity index (χ2v) is 6.23. The molecule has 3 aromatic rings. The van der Waals surface area contributed by atoms with E-state index in [0.29, 0.717) is 11.2 Å². The van der Waals surface area contributed by atoms with Gasteiger partial charge >= 0.3 is 0 Å². The molecule has 0 radical (unpaired) electrons. The molecule has 0 saturated carbocycles. The molecule has 0 spiro atoms. The number of alkyl halides is 1. The normalized spacial score (nSPS) is 13.2. The van der Waals surface area contributed by atoms with Crippen LogP contribution in [-0.2, 0) is 18.7 Å². The summed E-state index contributed by atoms with van der Waals surface area (Å²) >= 11 is 7.40. The fraction of sp³-hybridized carbons (Fsp3) is 0.200. The zero-order chi connectivity index (χ0) is 13.7. The molecule has 1 aliphatic carbocycles. The van der Waals surface area contributed by atoms with Crippen LogP contribution in [0.5, 0.6) is 0 Å². The van der Waals surface area contributed by atoms with E-state index in [-0.39, 0.29) is 11.4 Å². The minimum atomic E-state index is -0.0835. The van der Waals surface area contributed by atoms with E-state index in [1.165, 1.54) is 16.0 Å². The van der Waals surface area contributed by atoms with E-state index in [9.17, 15) is 4.79 Å². The van der Waals surface area contributed by atoms with E-state index < -0.39 is 0 Å². The van der Waals surface area contributed by atoms with Crippen molar-refractivity contribution in [3.63, 3.8) is 0 Å². The summed E-state index contributed by atoms with van der Waals surface area (Å²) < 4.78 is 0. The number of halogens is 1. The molecule has 1 aromatic carbocycles. The predicted molar refractivity (Wildman–Crippen MR) is 82.6 cm³/mol. The average molecular weight is 303 g/mol. The Morgan fingerprint density at radius 3 is 3.00 bits per heavy atom. The maximum Gasteiger partial charge on any atom is 0.260 e. The van der Waals surface area contributed by atoms with Crippen molar-refractivity contribution >= 4 is 33.2 Å². The lowest BCUT2D eigenvalue weighted by Crippen LogP contribution is -2.11. The van der Waals surface area contributed by atoms with Gasteiger partial charge < -0.3 is 4.98 Å². The van der Waals surface area contributed by atoms with E-state index in [1.54, 1.807) is 11.3 Å². The van der Waals surface area contributed by atoms with Gasteiger partial charge in [0, 0.05) is 10.4 Å². The summed E-state index contributed by atoms with van der Waals surface area (Å²) in [6, 6.07) is 8.30. The molecule has 0 unspecified atom stereocenters. The summed E-state index contributed by atoms with van der Waals surface area (Å²) in [6.45, 7) is 0. The van der Waals surface area contributed by atoms with Crippen LogP contribution in [0.4, 0.5) is 0 Å². The van der Waals surface area contributed by atoms with Crippen LogP contribution < -0.4 is 5.56 Å². The smallest absolute Gasteiger partial charge is 0.260 e. The van der Waals surface area contributed by atoms with Gasteiger partial charge in [-0.05, 0) is 24.0 Å². The number of H-pyrrole nitrogens is 1. The molecule has 1 N–H and O–H groups in total. The Morgan fingerprint density at radius 1 is 1.30 bits per heavy atom. The lowest BCUT2D eigenvalue weighted by molar-refractivity contribution is 0.964. The van der Waals surface area contributed by atoms with Crippen LogP contribution in [0.25, 0.3) is 21.3 Å². The number of aromatic amines is 1. The number of fused-ring (bicyclic) bond motifs is 5. The van der Waals surface area contributed by atoms with Crippen molar-refractivity contribution in [2.75, 3.05) is 0 Å². The molecule has 0 amide bonds. The maximum absolute atomic E-state index is 12.4. The number of thiophene rings is 1. The number of aryl methyl sites for hydroxylation is 2. The molecule has 0 atom stereocenters. The first-order valence-electron chi connectivity index (χ1n) is 6.46. The molecule has 3 nitrogen and oxygen atoms in total. The minimum absolute atomic E-state index is 0.0835. The number of aromatic nitrogens is 2. The molecule has 4 rings (SSSR count). The second kappa shape index (κ2) is 4.43. The van der Waals surface area contributed by atoms with Crippen molar-refractivity contribution in [2.45, 2.75) is 18.7 Å². The van der Waals surface area contributed by atoms with Crippen molar-refractivity contribution in [3.05, 3.63) is 50.9 Å². The number of nitrogens with zero attached hydrogens (tertiary/aromatic N) is 1. The molecule has 100 valence electrons. The number of rotatable bonds is 1. The Kier molecular flexibility index (Phi) is 2.69. The molecular weight excluding hydrogens is 292 g/mol. The number of nitrogens with one attached hydrogen (secondary N) is 1. The van der Waals surface area contributed by atoms with Crippen molar-refractivity contribution in [1.82, 2.24) is 9.97 Å². The van der Waals surface area contributed by atoms with Gasteiger partial charge in [0.2, 0.25) is 0 Å². The van der Waals surface area contributed by atoms with E-state index >= 15 is 0 Å². The summed E-state index contributed by atoms with van der Waals surface area (Å²) in [5.74, 6) is 0.765. The summed E-state index contributed by atoms with van der Waals surface area (Å²) in [7, 11) is 0. The van der Waals surface area contributed by atoms with Crippen LogP contribution in [0, 0.1) is 0 Å². The van der Waals surface area contributed by atoms with Gasteiger partial charge in [0.15, 0.2) is 0 Å². The Labute approximate surface area is 124 Å². The van der Waals surface area contributed by atoms with E-state index in [2.05, 4.69) is 22.1 Å². The lowest BCUT2D eigenvalue weighted by atomic mass is 9.89. The fourth-order valence-electron chi connectivity index (χ4n) is 2.85. The third kappa shape index (κ3) is 1.65. The molecule has 0 bridgehead atoms. The van der Waals surface area contributed by atoms with Gasteiger partial charge in [-0.15, -0.1) is 22.9 Å². The first kappa shape index (κ1) is 12.1. The number of hydrogen-bond acceptors (Lipinski definition) is 3. The topological polar surface area (TPSA) is 45.8 Å². The van der Waals surface area contributed by atoms with Gasteiger partial charge in [-0.1, -0.05) is 24.3 Å². The van der Waals surface area contributed by atoms with E-state index in [1.807, 2.05) is 12.1 Å². The van der Waals surface area contributed by atoms with Gasteiger partial charge in [0.1, 0.15) is 10.7 Å². The Morgan fingerprint density at radius 2 is 2.15 bits per heavy atom. The standard InChI is InChI=1S/C15H11ClN2OS/c16-7-11-17-14(19)13-12-9-4-2-1-3-8(9)5-6-10(12)20-15(13)18-11/h1-4H,5-7H2,(H,17,18,19). The SMILES string of the molecule is O=c1[nH]c(CCl)nc2sc3c(c12)-c1ccccc1CC3. The van der Waals surface area contributed by atoms with Gasteiger partial charge in [0.05, 0.1) is 11.3 Å². The molecule has 20 heavy (non-hydrogen) atoms. The Bertz CT molecular complexity index is 881. The van der Waals surface area contributed by atoms with Crippen LogP contribution in [-0.4, -0.2) is 9.97 Å². The Hall–Kier alpha value is -1.65. The van der Waals surface area contributed by atoms with Gasteiger partial charge in [-0.3, -0.25) is 4.79 Å². The van der Waals surface area contributed by atoms with Crippen molar-refractivity contribution in [3.8, 4) is 11.1 Å². The van der Waals surface area contributed by atoms with E-state index in [4.69, 9.17) is 11.6 Å². The molecule has 0 aliphatic heterocycles. The van der Waals surface area contributed by atoms with Crippen molar-refractivity contribution in [2.24, 2.45) is 0 Å². The molecule has 1 aliphatic rings. The van der Waals surface area contributed by atoms with Crippen molar-refractivity contribution in [1.29, 1.82) is 0 Å². The molecule has 0 saturated heterocycles. The number of hydrogen-bond donors (Lipinski definition) is 1. The molecule has 2 aromatic heterocycles. The summed E-state index contributed by atoms with van der Waals surface area (Å²) in [5, 5.41) is 0.714. The van der Waals surface area contributed by atoms with Crippen LogP contribution in [0.1, 0.15) is 16.3 Å². The molecule has 2 heterocycles. The first-order valence-corrected chi connectivity index (χ1v) is 7.82. The highest BCUT2D eigenvalue weighted by molar-refractivity contribution is 7.19. The minimum Gasteiger partial charge on any atom is -0.309 e. The van der Waals surface area contributed by atoms with Gasteiger partial charge in [0.25, 0.3) is 5.56 Å². The highest BCUT2D eigenvalue weighted by Crippen LogP contribution is 2.41. The van der Waals surface area contributed by atoms with Crippen LogP contribution in [0.3, 0.4) is 0 Å². The summed E-state index contributed by atoms with van der Waals surface area (Å²) in [4.78, 5) is 21.6. The second-order valence-electron chi connectivity index (χ2n) is 4.88.